The number of carbonyl (C=O) groups is 3. The summed E-state index contributed by atoms with van der Waals surface area (Å²) in [7, 11) is 0. The van der Waals surface area contributed by atoms with E-state index in [1.165, 1.54) is 0 Å². The van der Waals surface area contributed by atoms with E-state index in [0.717, 1.165) is 0 Å². The van der Waals surface area contributed by atoms with Gasteiger partial charge in [0, 0.05) is 31.2 Å². The first-order valence-electron chi connectivity index (χ1n) is 8.05. The Hall–Kier alpha value is -3.08. The van der Waals surface area contributed by atoms with Crippen molar-refractivity contribution in [2.24, 2.45) is 5.92 Å². The van der Waals surface area contributed by atoms with Gasteiger partial charge in [-0.05, 0) is 31.0 Å². The van der Waals surface area contributed by atoms with Crippen LogP contribution in [0.1, 0.15) is 24.8 Å². The van der Waals surface area contributed by atoms with E-state index in [0.29, 0.717) is 37.2 Å². The number of nitrogens with zero attached hydrogens (tertiary/aromatic N) is 2. The van der Waals surface area contributed by atoms with Crippen molar-refractivity contribution in [3.63, 3.8) is 0 Å². The zero-order chi connectivity index (χ0) is 18.2. The molecule has 8 nitrogen and oxygen atoms in total. The number of carboxylic acids is 1. The maximum absolute atomic E-state index is 12.3. The monoisotopic (exact) mass is 344 g/mol. The second-order valence-electron chi connectivity index (χ2n) is 5.82. The van der Waals surface area contributed by atoms with Crippen LogP contribution in [-0.2, 0) is 9.59 Å². The lowest BCUT2D eigenvalue weighted by molar-refractivity contribution is -0.136. The molecule has 0 atom stereocenters. The minimum absolute atomic E-state index is 0.0871. The first-order valence-corrected chi connectivity index (χ1v) is 8.05. The van der Waals surface area contributed by atoms with Gasteiger partial charge in [0.25, 0.3) is 0 Å². The van der Waals surface area contributed by atoms with Crippen molar-refractivity contribution in [3.8, 4) is 6.07 Å². The molecular formula is C17H20N4O4. The van der Waals surface area contributed by atoms with Crippen molar-refractivity contribution in [2.45, 2.75) is 19.3 Å². The number of urea groups is 1. The number of nitriles is 1. The maximum Gasteiger partial charge on any atom is 0.317 e. The molecule has 1 heterocycles. The van der Waals surface area contributed by atoms with Crippen LogP contribution in [-0.4, -0.2) is 47.5 Å². The summed E-state index contributed by atoms with van der Waals surface area (Å²) in [5.41, 5.74) is 1.06. The molecule has 1 aromatic carbocycles. The van der Waals surface area contributed by atoms with Gasteiger partial charge >= 0.3 is 12.0 Å². The number of benzene rings is 1. The number of carbonyl (C=O) groups excluding carboxylic acids is 2. The highest BCUT2D eigenvalue weighted by Gasteiger charge is 2.27. The summed E-state index contributed by atoms with van der Waals surface area (Å²) >= 11 is 0. The molecule has 1 aromatic rings. The maximum atomic E-state index is 12.3. The van der Waals surface area contributed by atoms with Crippen LogP contribution in [0.5, 0.6) is 0 Å². The predicted molar refractivity (Wildman–Crippen MR) is 89.7 cm³/mol. The summed E-state index contributed by atoms with van der Waals surface area (Å²) in [6.45, 7) is 0.967. The number of nitrogens with one attached hydrogen (secondary N) is 2. The van der Waals surface area contributed by atoms with Crippen LogP contribution in [0, 0.1) is 17.2 Å². The van der Waals surface area contributed by atoms with E-state index in [1.54, 1.807) is 29.2 Å². The highest BCUT2D eigenvalue weighted by Crippen LogP contribution is 2.20. The quantitative estimate of drug-likeness (QED) is 0.745. The fraction of sp³-hybridized carbons (Fsp3) is 0.412. The molecule has 1 fully saturated rings. The Balaban J connectivity index is 1.79. The molecule has 3 N–H and O–H groups in total. The van der Waals surface area contributed by atoms with Crippen molar-refractivity contribution in [1.82, 2.24) is 10.2 Å². The van der Waals surface area contributed by atoms with Crippen molar-refractivity contribution in [1.29, 1.82) is 5.26 Å². The molecule has 1 saturated heterocycles. The molecule has 25 heavy (non-hydrogen) atoms. The van der Waals surface area contributed by atoms with Crippen LogP contribution in [0.3, 0.4) is 0 Å². The number of amides is 3. The van der Waals surface area contributed by atoms with E-state index < -0.39 is 5.97 Å². The van der Waals surface area contributed by atoms with Crippen molar-refractivity contribution >= 4 is 23.6 Å². The Morgan fingerprint density at radius 3 is 2.64 bits per heavy atom. The molecule has 2 rings (SSSR count). The van der Waals surface area contributed by atoms with Crippen LogP contribution in [0.15, 0.2) is 24.3 Å². The van der Waals surface area contributed by atoms with Gasteiger partial charge in [0.05, 0.1) is 18.1 Å². The smallest absolute Gasteiger partial charge is 0.317 e. The summed E-state index contributed by atoms with van der Waals surface area (Å²) in [6.07, 6.45) is 0.957. The Morgan fingerprint density at radius 2 is 2.00 bits per heavy atom. The minimum Gasteiger partial charge on any atom is -0.481 e. The van der Waals surface area contributed by atoms with Crippen molar-refractivity contribution in [2.75, 3.05) is 25.0 Å². The standard InChI is InChI=1S/C17H20N4O4/c18-11-12-2-1-3-14(10-12)20-16(24)13-5-8-21(9-6-13)17(25)19-7-4-15(22)23/h1-3,10,13H,4-9H2,(H,19,25)(H,20,24)(H,22,23). The third kappa shape index (κ3) is 5.49. The number of hydrogen-bond donors (Lipinski definition) is 3. The molecule has 3 amide bonds. The Labute approximate surface area is 145 Å². The van der Waals surface area contributed by atoms with E-state index >= 15 is 0 Å². The molecular weight excluding hydrogens is 324 g/mol. The van der Waals surface area contributed by atoms with Crippen LogP contribution in [0.25, 0.3) is 0 Å². The summed E-state index contributed by atoms with van der Waals surface area (Å²) in [4.78, 5) is 36.2. The van der Waals surface area contributed by atoms with Crippen LogP contribution >= 0.6 is 0 Å². The highest BCUT2D eigenvalue weighted by atomic mass is 16.4. The number of carboxylic acid groups (broad SMARTS) is 1. The number of piperidine rings is 1. The number of likely N-dealkylation sites (tertiary alicyclic amines) is 1. The van der Waals surface area contributed by atoms with Gasteiger partial charge in [-0.25, -0.2) is 4.79 Å². The predicted octanol–water partition coefficient (Wildman–Crippen LogP) is 1.39. The summed E-state index contributed by atoms with van der Waals surface area (Å²) in [6, 6.07) is 8.43. The zero-order valence-corrected chi connectivity index (χ0v) is 13.7. The third-order valence-corrected chi connectivity index (χ3v) is 4.03. The molecule has 0 bridgehead atoms. The van der Waals surface area contributed by atoms with Crippen LogP contribution in [0.2, 0.25) is 0 Å². The SMILES string of the molecule is N#Cc1cccc(NC(=O)C2CCN(C(=O)NCCC(=O)O)CC2)c1. The van der Waals surface area contributed by atoms with E-state index in [4.69, 9.17) is 10.4 Å². The molecule has 1 aliphatic heterocycles. The van der Waals surface area contributed by atoms with Gasteiger partial charge in [-0.3, -0.25) is 9.59 Å². The molecule has 8 heteroatoms. The van der Waals surface area contributed by atoms with Gasteiger partial charge in [-0.2, -0.15) is 5.26 Å². The molecule has 0 spiro atoms. The fourth-order valence-electron chi connectivity index (χ4n) is 2.64. The molecule has 1 aliphatic rings. The number of rotatable bonds is 5. The van der Waals surface area contributed by atoms with E-state index in [9.17, 15) is 14.4 Å². The third-order valence-electron chi connectivity index (χ3n) is 4.03. The lowest BCUT2D eigenvalue weighted by Gasteiger charge is -2.31. The topological polar surface area (TPSA) is 123 Å². The van der Waals surface area contributed by atoms with E-state index in [-0.39, 0.29) is 30.8 Å². The van der Waals surface area contributed by atoms with Crippen molar-refractivity contribution < 1.29 is 19.5 Å². The molecule has 0 aliphatic carbocycles. The molecule has 0 saturated carbocycles. The highest BCUT2D eigenvalue weighted by molar-refractivity contribution is 5.92. The molecule has 0 aromatic heterocycles. The largest absolute Gasteiger partial charge is 0.481 e. The van der Waals surface area contributed by atoms with Gasteiger partial charge in [0.1, 0.15) is 0 Å². The number of aliphatic carboxylic acids is 1. The van der Waals surface area contributed by atoms with Crippen LogP contribution in [0.4, 0.5) is 10.5 Å². The van der Waals surface area contributed by atoms with Gasteiger partial charge in [0.15, 0.2) is 0 Å². The zero-order valence-electron chi connectivity index (χ0n) is 13.7. The van der Waals surface area contributed by atoms with Crippen LogP contribution < -0.4 is 10.6 Å². The Morgan fingerprint density at radius 1 is 1.28 bits per heavy atom. The molecule has 0 radical (unpaired) electrons. The molecule has 132 valence electrons. The summed E-state index contributed by atoms with van der Waals surface area (Å²) in [5, 5.41) is 22.8. The second kappa shape index (κ2) is 8.68. The van der Waals surface area contributed by atoms with E-state index in [2.05, 4.69) is 10.6 Å². The number of hydrogen-bond acceptors (Lipinski definition) is 4. The Kier molecular flexibility index (Phi) is 6.34. The molecule has 0 unspecified atom stereocenters. The van der Waals surface area contributed by atoms with E-state index in [1.807, 2.05) is 6.07 Å². The normalized spacial score (nSPS) is 14.4. The average molecular weight is 344 g/mol. The lowest BCUT2D eigenvalue weighted by atomic mass is 9.96. The minimum atomic E-state index is -0.962. The first-order chi connectivity index (χ1) is 12.0. The summed E-state index contributed by atoms with van der Waals surface area (Å²) < 4.78 is 0. The summed E-state index contributed by atoms with van der Waals surface area (Å²) in [5.74, 6) is -1.29. The number of anilines is 1. The van der Waals surface area contributed by atoms with Gasteiger partial charge in [0.2, 0.25) is 5.91 Å². The van der Waals surface area contributed by atoms with Gasteiger partial charge < -0.3 is 20.6 Å². The van der Waals surface area contributed by atoms with Gasteiger partial charge in [-0.15, -0.1) is 0 Å². The first kappa shape index (κ1) is 18.3. The second-order valence-corrected chi connectivity index (χ2v) is 5.82. The van der Waals surface area contributed by atoms with Gasteiger partial charge in [-0.1, -0.05) is 6.07 Å². The average Bonchev–Trinajstić information content (AvgIpc) is 2.61. The lowest BCUT2D eigenvalue weighted by Crippen LogP contribution is -2.46. The van der Waals surface area contributed by atoms with Crippen molar-refractivity contribution in [3.05, 3.63) is 29.8 Å². The Bertz CT molecular complexity index is 690. The fourth-order valence-corrected chi connectivity index (χ4v) is 2.64.